The second kappa shape index (κ2) is 4.23. The number of hydrogen-bond donors (Lipinski definition) is 2. The monoisotopic (exact) mass is 223 g/mol. The minimum absolute atomic E-state index is 0.0851. The van der Waals surface area contributed by atoms with Crippen molar-refractivity contribution >= 4 is 18.3 Å². The Morgan fingerprint density at radius 1 is 1.31 bits per heavy atom. The third-order valence-electron chi connectivity index (χ3n) is 2.32. The summed E-state index contributed by atoms with van der Waals surface area (Å²) in [5.41, 5.74) is 0.251. The summed E-state index contributed by atoms with van der Waals surface area (Å²) in [4.78, 5) is 10.4. The van der Waals surface area contributed by atoms with E-state index in [0.717, 1.165) is 0 Å². The lowest BCUT2D eigenvalue weighted by molar-refractivity contribution is -0.385. The fourth-order valence-corrected chi connectivity index (χ4v) is 1.49. The van der Waals surface area contributed by atoms with Gasteiger partial charge in [-0.1, -0.05) is 32.9 Å². The summed E-state index contributed by atoms with van der Waals surface area (Å²) in [7, 11) is -1.69. The molecule has 0 aliphatic carbocycles. The lowest BCUT2D eigenvalue weighted by Gasteiger charge is -2.19. The first-order valence-corrected chi connectivity index (χ1v) is 4.88. The van der Waals surface area contributed by atoms with Gasteiger partial charge in [-0.2, -0.15) is 0 Å². The molecule has 0 aliphatic rings. The van der Waals surface area contributed by atoms with Crippen LogP contribution < -0.4 is 5.46 Å². The average molecular weight is 223 g/mol. The Hall–Kier alpha value is -1.40. The zero-order valence-corrected chi connectivity index (χ0v) is 9.47. The highest BCUT2D eigenvalue weighted by atomic mass is 16.6. The SMILES string of the molecule is CC(C)(C)c1ccc(B(O)O)cc1[N+](=O)[O-]. The van der Waals surface area contributed by atoms with Crippen molar-refractivity contribution in [2.24, 2.45) is 0 Å². The highest BCUT2D eigenvalue weighted by molar-refractivity contribution is 6.58. The molecule has 0 unspecified atom stereocenters. The first kappa shape index (κ1) is 12.7. The number of benzene rings is 1. The lowest BCUT2D eigenvalue weighted by atomic mass is 9.77. The zero-order chi connectivity index (χ0) is 12.5. The van der Waals surface area contributed by atoms with Gasteiger partial charge in [0.2, 0.25) is 0 Å². The Morgan fingerprint density at radius 2 is 1.88 bits per heavy atom. The molecule has 1 aromatic carbocycles. The number of nitro benzene ring substituents is 1. The standard InChI is InChI=1S/C10H14BNO4/c1-10(2,3)8-5-4-7(11(13)14)6-9(8)12(15)16/h4-6,13-14H,1-3H3. The van der Waals surface area contributed by atoms with Crippen LogP contribution in [-0.2, 0) is 5.41 Å². The molecule has 0 bridgehead atoms. The number of hydrogen-bond acceptors (Lipinski definition) is 4. The molecule has 0 atom stereocenters. The molecule has 86 valence electrons. The van der Waals surface area contributed by atoms with Crippen LogP contribution in [0.1, 0.15) is 26.3 Å². The van der Waals surface area contributed by atoms with Crippen molar-refractivity contribution < 1.29 is 15.0 Å². The summed E-state index contributed by atoms with van der Waals surface area (Å²) in [5, 5.41) is 28.8. The van der Waals surface area contributed by atoms with E-state index in [2.05, 4.69) is 0 Å². The van der Waals surface area contributed by atoms with Crippen LogP contribution in [0.3, 0.4) is 0 Å². The maximum absolute atomic E-state index is 10.9. The third-order valence-corrected chi connectivity index (χ3v) is 2.32. The van der Waals surface area contributed by atoms with Crippen LogP contribution in [0.2, 0.25) is 0 Å². The Labute approximate surface area is 94.0 Å². The fraction of sp³-hybridized carbons (Fsp3) is 0.400. The van der Waals surface area contributed by atoms with Crippen LogP contribution >= 0.6 is 0 Å². The highest BCUT2D eigenvalue weighted by Crippen LogP contribution is 2.29. The van der Waals surface area contributed by atoms with Crippen molar-refractivity contribution in [3.8, 4) is 0 Å². The van der Waals surface area contributed by atoms with Crippen LogP contribution in [0.25, 0.3) is 0 Å². The van der Waals surface area contributed by atoms with E-state index in [9.17, 15) is 10.1 Å². The van der Waals surface area contributed by atoms with Gasteiger partial charge in [-0.15, -0.1) is 0 Å². The molecule has 1 aromatic rings. The normalized spacial score (nSPS) is 11.3. The molecule has 5 nitrogen and oxygen atoms in total. The van der Waals surface area contributed by atoms with Gasteiger partial charge in [0.05, 0.1) is 4.92 Å². The predicted octanol–water partition coefficient (Wildman–Crippen LogP) is 0.572. The molecule has 0 saturated heterocycles. The second-order valence-electron chi connectivity index (χ2n) is 4.66. The lowest BCUT2D eigenvalue weighted by Crippen LogP contribution is -2.30. The highest BCUT2D eigenvalue weighted by Gasteiger charge is 2.26. The molecule has 0 aromatic heterocycles. The van der Waals surface area contributed by atoms with Gasteiger partial charge in [-0.3, -0.25) is 10.1 Å². The Morgan fingerprint density at radius 3 is 2.25 bits per heavy atom. The molecule has 0 spiro atoms. The van der Waals surface area contributed by atoms with Crippen molar-refractivity contribution in [1.29, 1.82) is 0 Å². The van der Waals surface area contributed by atoms with E-state index in [-0.39, 0.29) is 16.6 Å². The van der Waals surface area contributed by atoms with Crippen molar-refractivity contribution in [3.05, 3.63) is 33.9 Å². The van der Waals surface area contributed by atoms with Gasteiger partial charge in [0.25, 0.3) is 5.69 Å². The largest absolute Gasteiger partial charge is 0.488 e. The molecular formula is C10H14BNO4. The Bertz CT molecular complexity index is 412. The minimum atomic E-state index is -1.69. The van der Waals surface area contributed by atoms with E-state index < -0.39 is 12.0 Å². The average Bonchev–Trinajstić information content (AvgIpc) is 2.15. The smallest absolute Gasteiger partial charge is 0.423 e. The number of nitro groups is 1. The molecular weight excluding hydrogens is 209 g/mol. The fourth-order valence-electron chi connectivity index (χ4n) is 1.49. The van der Waals surface area contributed by atoms with Gasteiger partial charge in [0.1, 0.15) is 0 Å². The zero-order valence-electron chi connectivity index (χ0n) is 9.47. The molecule has 0 fully saturated rings. The summed E-state index contributed by atoms with van der Waals surface area (Å²) in [6.45, 7) is 5.60. The van der Waals surface area contributed by atoms with Crippen molar-refractivity contribution in [2.45, 2.75) is 26.2 Å². The number of rotatable bonds is 2. The van der Waals surface area contributed by atoms with Gasteiger partial charge in [0, 0.05) is 11.6 Å². The molecule has 0 saturated carbocycles. The molecule has 16 heavy (non-hydrogen) atoms. The van der Waals surface area contributed by atoms with E-state index in [4.69, 9.17) is 10.0 Å². The molecule has 1 rings (SSSR count). The van der Waals surface area contributed by atoms with Crippen molar-refractivity contribution in [1.82, 2.24) is 0 Å². The molecule has 0 aliphatic heterocycles. The van der Waals surface area contributed by atoms with Crippen LogP contribution in [0.4, 0.5) is 5.69 Å². The van der Waals surface area contributed by atoms with E-state index in [1.54, 1.807) is 6.07 Å². The maximum atomic E-state index is 10.9. The van der Waals surface area contributed by atoms with Crippen LogP contribution in [0.5, 0.6) is 0 Å². The topological polar surface area (TPSA) is 83.6 Å². The Balaban J connectivity index is 3.37. The van der Waals surface area contributed by atoms with Crippen LogP contribution in [0.15, 0.2) is 18.2 Å². The van der Waals surface area contributed by atoms with Gasteiger partial charge >= 0.3 is 7.12 Å². The molecule has 0 heterocycles. The van der Waals surface area contributed by atoms with E-state index >= 15 is 0 Å². The molecule has 6 heteroatoms. The maximum Gasteiger partial charge on any atom is 0.488 e. The first-order chi connectivity index (χ1) is 7.23. The summed E-state index contributed by atoms with van der Waals surface area (Å²) < 4.78 is 0. The van der Waals surface area contributed by atoms with Gasteiger partial charge in [-0.25, -0.2) is 0 Å². The first-order valence-electron chi connectivity index (χ1n) is 4.88. The summed E-state index contributed by atoms with van der Waals surface area (Å²) in [5.74, 6) is 0. The summed E-state index contributed by atoms with van der Waals surface area (Å²) in [6.07, 6.45) is 0. The van der Waals surface area contributed by atoms with Crippen LogP contribution in [0, 0.1) is 10.1 Å². The number of nitrogens with zero attached hydrogens (tertiary/aromatic N) is 1. The van der Waals surface area contributed by atoms with Crippen LogP contribution in [-0.4, -0.2) is 22.1 Å². The van der Waals surface area contributed by atoms with E-state index in [1.807, 2.05) is 20.8 Å². The summed E-state index contributed by atoms with van der Waals surface area (Å²) >= 11 is 0. The Kier molecular flexibility index (Phi) is 3.35. The predicted molar refractivity (Wildman–Crippen MR) is 61.6 cm³/mol. The van der Waals surface area contributed by atoms with Gasteiger partial charge < -0.3 is 10.0 Å². The third kappa shape index (κ3) is 2.59. The van der Waals surface area contributed by atoms with E-state index in [1.165, 1.54) is 12.1 Å². The minimum Gasteiger partial charge on any atom is -0.423 e. The quantitative estimate of drug-likeness (QED) is 0.436. The molecule has 0 amide bonds. The van der Waals surface area contributed by atoms with E-state index in [0.29, 0.717) is 5.56 Å². The van der Waals surface area contributed by atoms with Crippen molar-refractivity contribution in [2.75, 3.05) is 0 Å². The molecule has 0 radical (unpaired) electrons. The van der Waals surface area contributed by atoms with Crippen molar-refractivity contribution in [3.63, 3.8) is 0 Å². The molecule has 2 N–H and O–H groups in total. The van der Waals surface area contributed by atoms with Gasteiger partial charge in [0.15, 0.2) is 0 Å². The summed E-state index contributed by atoms with van der Waals surface area (Å²) in [6, 6.07) is 4.25. The van der Waals surface area contributed by atoms with Gasteiger partial charge in [-0.05, 0) is 10.9 Å². The second-order valence-corrected chi connectivity index (χ2v) is 4.66.